The zero-order valence-electron chi connectivity index (χ0n) is 52.5. The van der Waals surface area contributed by atoms with E-state index in [-0.39, 0.29) is 48.1 Å². The summed E-state index contributed by atoms with van der Waals surface area (Å²) in [5, 5.41) is 9.29. The smallest absolute Gasteiger partial charge is 0.135 e. The molecule has 1 aliphatic heterocycles. The van der Waals surface area contributed by atoms with E-state index in [4.69, 9.17) is 9.72 Å². The third kappa shape index (κ3) is 10.4. The summed E-state index contributed by atoms with van der Waals surface area (Å²) in [6, 6.07) is 75.2. The number of fused-ring (bicyclic) bond motifs is 10. The molecule has 3 aromatic heterocycles. The van der Waals surface area contributed by atoms with Crippen molar-refractivity contribution in [2.75, 3.05) is 4.90 Å². The van der Waals surface area contributed by atoms with Gasteiger partial charge < -0.3 is 18.8 Å². The van der Waals surface area contributed by atoms with Crippen molar-refractivity contribution in [2.45, 2.75) is 131 Å². The van der Waals surface area contributed by atoms with Crippen molar-refractivity contribution in [3.63, 3.8) is 0 Å². The number of pyridine rings is 1. The van der Waals surface area contributed by atoms with Gasteiger partial charge in [0.2, 0.25) is 0 Å². The predicted octanol–water partition coefficient (Wildman–Crippen LogP) is 22.0. The number of anilines is 2. The van der Waals surface area contributed by atoms with Crippen LogP contribution in [0.4, 0.5) is 11.4 Å². The van der Waals surface area contributed by atoms with Crippen LogP contribution in [0.1, 0.15) is 132 Å². The van der Waals surface area contributed by atoms with Crippen molar-refractivity contribution in [2.24, 2.45) is 0 Å². The molecular formula is C80H77N4OPt-3. The van der Waals surface area contributed by atoms with Gasteiger partial charge >= 0.3 is 0 Å². The third-order valence-corrected chi connectivity index (χ3v) is 17.4. The van der Waals surface area contributed by atoms with E-state index in [0.29, 0.717) is 11.5 Å². The predicted molar refractivity (Wildman–Crippen MR) is 361 cm³/mol. The van der Waals surface area contributed by atoms with Gasteiger partial charge in [-0.15, -0.1) is 35.7 Å². The summed E-state index contributed by atoms with van der Waals surface area (Å²) in [5.41, 5.74) is 16.8. The zero-order chi connectivity index (χ0) is 59.7. The van der Waals surface area contributed by atoms with E-state index in [9.17, 15) is 0 Å². The first-order valence-electron chi connectivity index (χ1n) is 30.2. The van der Waals surface area contributed by atoms with Gasteiger partial charge in [0, 0.05) is 50.0 Å². The Kier molecular flexibility index (Phi) is 14.3. The summed E-state index contributed by atoms with van der Waals surface area (Å²) < 4.78 is 11.6. The van der Waals surface area contributed by atoms with E-state index < -0.39 is 0 Å². The number of hydrogen-bond acceptors (Lipinski definition) is 3. The summed E-state index contributed by atoms with van der Waals surface area (Å²) in [5.74, 6) is 2.03. The minimum absolute atomic E-state index is 0. The first kappa shape index (κ1) is 58.3. The fourth-order valence-electron chi connectivity index (χ4n) is 12.4. The molecule has 0 fully saturated rings. The number of ether oxygens (including phenoxy) is 1. The minimum atomic E-state index is -0.185. The van der Waals surface area contributed by atoms with Gasteiger partial charge in [0.25, 0.3) is 0 Å². The van der Waals surface area contributed by atoms with Crippen molar-refractivity contribution in [3.05, 3.63) is 235 Å². The van der Waals surface area contributed by atoms with Crippen molar-refractivity contribution in [1.82, 2.24) is 14.1 Å². The number of hydrogen-bond donors (Lipinski definition) is 0. The van der Waals surface area contributed by atoms with Crippen LogP contribution in [0.25, 0.3) is 93.2 Å². The molecule has 0 saturated carbocycles. The van der Waals surface area contributed by atoms with Crippen LogP contribution in [0, 0.1) is 18.8 Å². The topological polar surface area (TPSA) is 35.2 Å². The Morgan fingerprint density at radius 2 is 0.907 bits per heavy atom. The SMILES string of the molecule is CC(C)(C)c1cc(-c2cc(C(C)(C)C)cc(C(C)(C)C)c2)cc(-c2cccc3c4ccccc4c4ccccc4c4cc(C(C)(C)C)cc5c4n(c23)[CH-]N5c2[c-]c(Oc3[c-]c4c(cc3)c3ccccc3n4-c3cc(C(C)(C)C)ccn3)ccc2)c1.[Pt]. The molecule has 9 aromatic carbocycles. The molecule has 13 rings (SSSR count). The van der Waals surface area contributed by atoms with E-state index in [0.717, 1.165) is 61.0 Å². The molecule has 436 valence electrons. The van der Waals surface area contributed by atoms with Gasteiger partial charge in [-0.25, -0.2) is 4.98 Å². The van der Waals surface area contributed by atoms with Gasteiger partial charge in [-0.05, 0) is 163 Å². The maximum Gasteiger partial charge on any atom is 0.135 e. The second-order valence-electron chi connectivity index (χ2n) is 28.7. The molecule has 0 radical (unpaired) electrons. The van der Waals surface area contributed by atoms with Crippen LogP contribution < -0.4 is 9.64 Å². The molecule has 0 amide bonds. The average Bonchev–Trinajstić information content (AvgIpc) is 1.57. The second kappa shape index (κ2) is 21.1. The van der Waals surface area contributed by atoms with E-state index in [2.05, 4.69) is 307 Å². The van der Waals surface area contributed by atoms with Crippen LogP contribution in [0.3, 0.4) is 0 Å². The summed E-state index contributed by atoms with van der Waals surface area (Å²) in [4.78, 5) is 7.27. The Hall–Kier alpha value is -8.11. The Labute approximate surface area is 523 Å². The molecule has 0 bridgehead atoms. The van der Waals surface area contributed by atoms with Crippen LogP contribution in [0.15, 0.2) is 188 Å². The maximum absolute atomic E-state index is 6.92. The van der Waals surface area contributed by atoms with Crippen LogP contribution in [-0.4, -0.2) is 14.1 Å². The number of para-hydroxylation sites is 2. The first-order valence-corrected chi connectivity index (χ1v) is 30.2. The molecule has 0 unspecified atom stereocenters. The van der Waals surface area contributed by atoms with Crippen molar-refractivity contribution in [1.29, 1.82) is 0 Å². The minimum Gasteiger partial charge on any atom is -0.509 e. The molecule has 4 heterocycles. The fraction of sp³-hybridized carbons (Fsp3) is 0.250. The number of nitrogens with zero attached hydrogens (tertiary/aromatic N) is 4. The van der Waals surface area contributed by atoms with Gasteiger partial charge in [0.1, 0.15) is 5.82 Å². The third-order valence-electron chi connectivity index (χ3n) is 17.4. The van der Waals surface area contributed by atoms with E-state index in [1.165, 1.54) is 71.4 Å². The summed E-state index contributed by atoms with van der Waals surface area (Å²) in [7, 11) is 0. The van der Waals surface area contributed by atoms with Gasteiger partial charge in [-0.1, -0.05) is 236 Å². The summed E-state index contributed by atoms with van der Waals surface area (Å²) in [6.45, 7) is 37.0. The van der Waals surface area contributed by atoms with Crippen molar-refractivity contribution in [3.8, 4) is 39.6 Å². The molecule has 0 atom stereocenters. The monoisotopic (exact) mass is 1300 g/mol. The number of benzene rings is 9. The molecule has 1 aliphatic rings. The van der Waals surface area contributed by atoms with Gasteiger partial charge in [0.15, 0.2) is 0 Å². The van der Waals surface area contributed by atoms with Gasteiger partial charge in [0.05, 0.1) is 0 Å². The summed E-state index contributed by atoms with van der Waals surface area (Å²) in [6.07, 6.45) is 1.92. The first-order chi connectivity index (χ1) is 40.3. The largest absolute Gasteiger partial charge is 0.509 e. The molecule has 86 heavy (non-hydrogen) atoms. The van der Waals surface area contributed by atoms with Crippen molar-refractivity contribution >= 4 is 76.5 Å². The maximum atomic E-state index is 6.92. The van der Waals surface area contributed by atoms with Crippen LogP contribution in [-0.2, 0) is 48.1 Å². The number of rotatable bonds is 6. The van der Waals surface area contributed by atoms with Crippen LogP contribution >= 0.6 is 0 Å². The zero-order valence-corrected chi connectivity index (χ0v) is 54.8. The van der Waals surface area contributed by atoms with E-state index in [1.807, 2.05) is 18.3 Å². The molecule has 0 spiro atoms. The van der Waals surface area contributed by atoms with Crippen molar-refractivity contribution < 1.29 is 25.8 Å². The molecule has 0 saturated heterocycles. The Balaban J connectivity index is 0.00000724. The fourth-order valence-corrected chi connectivity index (χ4v) is 12.4. The standard InChI is InChI=1S/C80H77N4O.Pt/c1-76(2,3)53-36-37-81-73(46-53)84-70-33-21-20-30-66(70)67-35-34-60(48-71(67)84)85-59-25-22-24-58(47-59)82-49-83-74-61(52-38-50(39-54(42-52)77(4,5)6)51-40-55(78(7,8)9)43-56(41-51)79(10,11)12)31-23-32-68(74)64-28-18-16-26-62(64)63-27-17-19-29-65(63)69-44-57(80(13,14)15)45-72(82)75(69)83;/h16-46,49H,1-15H3;/q-3;. The number of aromatic nitrogens is 3. The quantitative estimate of drug-likeness (QED) is 0.156. The molecular weight excluding hydrogens is 1230 g/mol. The van der Waals surface area contributed by atoms with E-state index >= 15 is 0 Å². The Bertz CT molecular complexity index is 4720. The van der Waals surface area contributed by atoms with Gasteiger partial charge in [-0.3, -0.25) is 0 Å². The molecule has 12 aromatic rings. The second-order valence-corrected chi connectivity index (χ2v) is 28.7. The summed E-state index contributed by atoms with van der Waals surface area (Å²) >= 11 is 0. The Morgan fingerprint density at radius 3 is 1.53 bits per heavy atom. The van der Waals surface area contributed by atoms with Gasteiger partial charge in [-0.2, -0.15) is 12.1 Å². The molecule has 0 N–H and O–H groups in total. The van der Waals surface area contributed by atoms with E-state index in [1.54, 1.807) is 0 Å². The normalized spacial score (nSPS) is 13.0. The molecule has 5 nitrogen and oxygen atoms in total. The van der Waals surface area contributed by atoms with Crippen LogP contribution in [0.2, 0.25) is 0 Å². The molecule has 0 aliphatic carbocycles. The van der Waals surface area contributed by atoms with Crippen LogP contribution in [0.5, 0.6) is 11.5 Å². The Morgan fingerprint density at radius 1 is 0.395 bits per heavy atom. The molecule has 6 heteroatoms. The average molecular weight is 1310 g/mol.